The number of rotatable bonds is 3. The van der Waals surface area contributed by atoms with Crippen molar-refractivity contribution < 1.29 is 4.79 Å². The molecule has 2 saturated heterocycles. The molecule has 4 atom stereocenters. The van der Waals surface area contributed by atoms with Crippen LogP contribution in [0, 0.1) is 11.8 Å². The summed E-state index contributed by atoms with van der Waals surface area (Å²) in [5.41, 5.74) is 0. The minimum absolute atomic E-state index is 0.265. The molecule has 0 saturated carbocycles. The Labute approximate surface area is 118 Å². The van der Waals surface area contributed by atoms with Crippen LogP contribution < -0.4 is 5.32 Å². The number of carbonyl (C=O) groups excluding carboxylic acids is 1. The fourth-order valence-electron chi connectivity index (χ4n) is 3.85. The van der Waals surface area contributed by atoms with Crippen molar-refractivity contribution >= 4 is 5.91 Å². The van der Waals surface area contributed by atoms with Gasteiger partial charge in [-0.1, -0.05) is 20.3 Å². The molecule has 0 aromatic carbocycles. The molecule has 2 unspecified atom stereocenters. The summed E-state index contributed by atoms with van der Waals surface area (Å²) in [7, 11) is 0. The van der Waals surface area contributed by atoms with Crippen LogP contribution >= 0.6 is 0 Å². The first-order chi connectivity index (χ1) is 9.13. The first-order valence-corrected chi connectivity index (χ1v) is 8.17. The van der Waals surface area contributed by atoms with Gasteiger partial charge in [0.25, 0.3) is 0 Å². The van der Waals surface area contributed by atoms with E-state index in [1.807, 2.05) is 0 Å². The fourth-order valence-corrected chi connectivity index (χ4v) is 3.85. The lowest BCUT2D eigenvalue weighted by Crippen LogP contribution is -2.52. The number of nitrogens with zero attached hydrogens (tertiary/aromatic N) is 1. The number of carbonyl (C=O) groups is 1. The molecule has 2 aliphatic heterocycles. The second-order valence-corrected chi connectivity index (χ2v) is 6.58. The van der Waals surface area contributed by atoms with Gasteiger partial charge in [-0.3, -0.25) is 4.79 Å². The SMILES string of the molecule is CCCC1C(C)CCCN1C(=O)[C@H]1CCN[C@@H](C)C1. The summed E-state index contributed by atoms with van der Waals surface area (Å²) in [5, 5.41) is 3.44. The first-order valence-electron chi connectivity index (χ1n) is 8.17. The van der Waals surface area contributed by atoms with Crippen molar-refractivity contribution in [1.82, 2.24) is 10.2 Å². The average molecular weight is 266 g/mol. The van der Waals surface area contributed by atoms with Gasteiger partial charge >= 0.3 is 0 Å². The lowest BCUT2D eigenvalue weighted by atomic mass is 9.85. The molecule has 2 rings (SSSR count). The molecule has 1 amide bonds. The highest BCUT2D eigenvalue weighted by molar-refractivity contribution is 5.79. The maximum absolute atomic E-state index is 12.8. The van der Waals surface area contributed by atoms with Crippen molar-refractivity contribution in [3.63, 3.8) is 0 Å². The summed E-state index contributed by atoms with van der Waals surface area (Å²) in [6, 6.07) is 0.992. The molecular formula is C16H30N2O. The lowest BCUT2D eigenvalue weighted by Gasteiger charge is -2.42. The van der Waals surface area contributed by atoms with Crippen molar-refractivity contribution in [3.05, 3.63) is 0 Å². The minimum atomic E-state index is 0.265. The van der Waals surface area contributed by atoms with E-state index in [2.05, 4.69) is 31.0 Å². The second kappa shape index (κ2) is 6.74. The molecule has 2 heterocycles. The van der Waals surface area contributed by atoms with Gasteiger partial charge in [-0.2, -0.15) is 0 Å². The van der Waals surface area contributed by atoms with E-state index in [-0.39, 0.29) is 5.92 Å². The smallest absolute Gasteiger partial charge is 0.226 e. The number of hydrogen-bond donors (Lipinski definition) is 1. The van der Waals surface area contributed by atoms with Gasteiger partial charge in [-0.05, 0) is 51.5 Å². The van der Waals surface area contributed by atoms with E-state index < -0.39 is 0 Å². The Morgan fingerprint density at radius 3 is 2.79 bits per heavy atom. The zero-order chi connectivity index (χ0) is 13.8. The summed E-state index contributed by atoms with van der Waals surface area (Å²) in [4.78, 5) is 15.1. The monoisotopic (exact) mass is 266 g/mol. The molecule has 0 spiro atoms. The molecule has 0 bridgehead atoms. The van der Waals surface area contributed by atoms with E-state index in [0.29, 0.717) is 23.9 Å². The molecule has 110 valence electrons. The van der Waals surface area contributed by atoms with Gasteiger partial charge < -0.3 is 10.2 Å². The van der Waals surface area contributed by atoms with Gasteiger partial charge in [-0.15, -0.1) is 0 Å². The van der Waals surface area contributed by atoms with Crippen LogP contribution in [0.4, 0.5) is 0 Å². The Morgan fingerprint density at radius 2 is 2.11 bits per heavy atom. The summed E-state index contributed by atoms with van der Waals surface area (Å²) >= 11 is 0. The van der Waals surface area contributed by atoms with Crippen LogP contribution in [0.25, 0.3) is 0 Å². The Bertz CT molecular complexity index is 305. The standard InChI is InChI=1S/C16H30N2O/c1-4-6-15-12(2)7-5-10-18(15)16(19)14-8-9-17-13(3)11-14/h12-15,17H,4-11H2,1-3H3/t12?,13-,14-,15?/m0/s1. The molecule has 0 aliphatic carbocycles. The van der Waals surface area contributed by atoms with Crippen LogP contribution in [-0.4, -0.2) is 36.0 Å². The number of amides is 1. The Balaban J connectivity index is 2.02. The van der Waals surface area contributed by atoms with E-state index in [4.69, 9.17) is 0 Å². The van der Waals surface area contributed by atoms with Crippen molar-refractivity contribution in [3.8, 4) is 0 Å². The maximum Gasteiger partial charge on any atom is 0.226 e. The van der Waals surface area contributed by atoms with Crippen LogP contribution in [0.1, 0.15) is 59.3 Å². The third-order valence-corrected chi connectivity index (χ3v) is 4.96. The summed E-state index contributed by atoms with van der Waals surface area (Å²) in [6.07, 6.45) is 6.87. The average Bonchev–Trinajstić information content (AvgIpc) is 2.40. The predicted octanol–water partition coefficient (Wildman–Crippen LogP) is 2.80. The van der Waals surface area contributed by atoms with Crippen LogP contribution in [0.2, 0.25) is 0 Å². The van der Waals surface area contributed by atoms with Crippen molar-refractivity contribution in [2.45, 2.75) is 71.4 Å². The number of hydrogen-bond acceptors (Lipinski definition) is 2. The molecule has 3 heteroatoms. The van der Waals surface area contributed by atoms with Gasteiger partial charge in [-0.25, -0.2) is 0 Å². The molecule has 19 heavy (non-hydrogen) atoms. The Hall–Kier alpha value is -0.570. The van der Waals surface area contributed by atoms with Crippen LogP contribution in [-0.2, 0) is 4.79 Å². The fraction of sp³-hybridized carbons (Fsp3) is 0.938. The number of nitrogens with one attached hydrogen (secondary N) is 1. The molecule has 3 nitrogen and oxygen atoms in total. The Kier molecular flexibility index (Phi) is 5.26. The Morgan fingerprint density at radius 1 is 1.32 bits per heavy atom. The maximum atomic E-state index is 12.8. The second-order valence-electron chi connectivity index (χ2n) is 6.58. The van der Waals surface area contributed by atoms with Gasteiger partial charge in [0.15, 0.2) is 0 Å². The zero-order valence-electron chi connectivity index (χ0n) is 12.8. The van der Waals surface area contributed by atoms with Gasteiger partial charge in [0.1, 0.15) is 0 Å². The molecule has 1 N–H and O–H groups in total. The van der Waals surface area contributed by atoms with Crippen LogP contribution in [0.15, 0.2) is 0 Å². The van der Waals surface area contributed by atoms with Gasteiger partial charge in [0.05, 0.1) is 0 Å². The summed E-state index contributed by atoms with van der Waals surface area (Å²) in [5.74, 6) is 1.39. The zero-order valence-corrected chi connectivity index (χ0v) is 12.8. The molecule has 2 fully saturated rings. The predicted molar refractivity (Wildman–Crippen MR) is 79.0 cm³/mol. The van der Waals surface area contributed by atoms with Crippen molar-refractivity contribution in [2.24, 2.45) is 11.8 Å². The van der Waals surface area contributed by atoms with Crippen LogP contribution in [0.5, 0.6) is 0 Å². The lowest BCUT2D eigenvalue weighted by molar-refractivity contribution is -0.142. The van der Waals surface area contributed by atoms with E-state index in [9.17, 15) is 4.79 Å². The molecule has 0 radical (unpaired) electrons. The van der Waals surface area contributed by atoms with Crippen molar-refractivity contribution in [2.75, 3.05) is 13.1 Å². The van der Waals surface area contributed by atoms with E-state index >= 15 is 0 Å². The minimum Gasteiger partial charge on any atom is -0.339 e. The van der Waals surface area contributed by atoms with E-state index in [1.165, 1.54) is 25.7 Å². The van der Waals surface area contributed by atoms with Crippen molar-refractivity contribution in [1.29, 1.82) is 0 Å². The van der Waals surface area contributed by atoms with Gasteiger partial charge in [0.2, 0.25) is 5.91 Å². The number of likely N-dealkylation sites (tertiary alicyclic amines) is 1. The quantitative estimate of drug-likeness (QED) is 0.852. The highest BCUT2D eigenvalue weighted by atomic mass is 16.2. The first kappa shape index (κ1) is 14.8. The van der Waals surface area contributed by atoms with E-state index in [1.54, 1.807) is 0 Å². The highest BCUT2D eigenvalue weighted by Gasteiger charge is 2.35. The molecular weight excluding hydrogens is 236 g/mol. The number of piperidine rings is 2. The van der Waals surface area contributed by atoms with Gasteiger partial charge in [0, 0.05) is 24.5 Å². The van der Waals surface area contributed by atoms with Crippen LogP contribution in [0.3, 0.4) is 0 Å². The largest absolute Gasteiger partial charge is 0.339 e. The molecule has 0 aromatic heterocycles. The summed E-state index contributed by atoms with van der Waals surface area (Å²) < 4.78 is 0. The normalized spacial score (nSPS) is 36.3. The topological polar surface area (TPSA) is 32.3 Å². The third kappa shape index (κ3) is 3.50. The highest BCUT2D eigenvalue weighted by Crippen LogP contribution is 2.29. The van der Waals surface area contributed by atoms with E-state index in [0.717, 1.165) is 25.9 Å². The third-order valence-electron chi connectivity index (χ3n) is 4.96. The molecule has 2 aliphatic rings. The summed E-state index contributed by atoms with van der Waals surface area (Å²) in [6.45, 7) is 8.74. The molecule has 0 aromatic rings.